The van der Waals surface area contributed by atoms with Gasteiger partial charge in [-0.1, -0.05) is 11.6 Å². The van der Waals surface area contributed by atoms with Gasteiger partial charge in [0.15, 0.2) is 0 Å². The van der Waals surface area contributed by atoms with E-state index in [4.69, 9.17) is 16.3 Å². The highest BCUT2D eigenvalue weighted by Gasteiger charge is 2.41. The maximum atomic E-state index is 13.1. The molecule has 0 aliphatic carbocycles. The molecule has 1 amide bonds. The van der Waals surface area contributed by atoms with E-state index in [0.717, 1.165) is 36.7 Å². The van der Waals surface area contributed by atoms with E-state index in [2.05, 4.69) is 9.88 Å². The molecule has 0 bridgehead atoms. The number of thioether (sulfide) groups is 1. The van der Waals surface area contributed by atoms with Gasteiger partial charge in [-0.15, -0.1) is 11.8 Å². The van der Waals surface area contributed by atoms with Crippen LogP contribution in [0.5, 0.6) is 5.75 Å². The molecule has 204 valence electrons. The third-order valence-electron chi connectivity index (χ3n) is 7.40. The number of benzene rings is 2. The van der Waals surface area contributed by atoms with Crippen molar-refractivity contribution in [1.29, 1.82) is 0 Å². The van der Waals surface area contributed by atoms with Crippen molar-refractivity contribution in [1.82, 2.24) is 15.4 Å². The number of pyridine rings is 1. The molecule has 4 rings (SSSR count). The summed E-state index contributed by atoms with van der Waals surface area (Å²) in [6.45, 7) is 2.34. The van der Waals surface area contributed by atoms with Crippen LogP contribution >= 0.6 is 23.4 Å². The van der Waals surface area contributed by atoms with Gasteiger partial charge in [0.1, 0.15) is 11.6 Å². The van der Waals surface area contributed by atoms with E-state index < -0.39 is 17.4 Å². The summed E-state index contributed by atoms with van der Waals surface area (Å²) in [5.41, 5.74) is 2.34. The van der Waals surface area contributed by atoms with Gasteiger partial charge < -0.3 is 14.7 Å². The van der Waals surface area contributed by atoms with Crippen molar-refractivity contribution in [2.45, 2.75) is 43.1 Å². The molecule has 1 aromatic heterocycles. The van der Waals surface area contributed by atoms with Crippen molar-refractivity contribution < 1.29 is 24.2 Å². The van der Waals surface area contributed by atoms with Gasteiger partial charge >= 0.3 is 0 Å². The minimum atomic E-state index is -0.912. The molecule has 10 heteroatoms. The number of amides is 1. The lowest BCUT2D eigenvalue weighted by molar-refractivity contribution is -0.143. The minimum Gasteiger partial charge on any atom is -0.497 e. The molecule has 1 saturated heterocycles. The number of likely N-dealkylation sites (tertiary alicyclic amines) is 1. The fourth-order valence-electron chi connectivity index (χ4n) is 5.11. The number of piperidine rings is 1. The highest BCUT2D eigenvalue weighted by atomic mass is 35.5. The number of hydrogen-bond acceptors (Lipinski definition) is 7. The van der Waals surface area contributed by atoms with Gasteiger partial charge in [0, 0.05) is 22.0 Å². The summed E-state index contributed by atoms with van der Waals surface area (Å²) in [6.07, 6.45) is 3.45. The highest BCUT2D eigenvalue weighted by molar-refractivity contribution is 7.99. The van der Waals surface area contributed by atoms with E-state index in [-0.39, 0.29) is 5.82 Å². The van der Waals surface area contributed by atoms with Gasteiger partial charge in [-0.05, 0) is 100.0 Å². The Morgan fingerprint density at radius 3 is 2.68 bits per heavy atom. The summed E-state index contributed by atoms with van der Waals surface area (Å²) in [5.74, 6) is 0.906. The van der Waals surface area contributed by atoms with E-state index in [1.807, 2.05) is 11.5 Å². The van der Waals surface area contributed by atoms with Crippen LogP contribution in [0, 0.1) is 11.2 Å². The van der Waals surface area contributed by atoms with Crippen molar-refractivity contribution in [3.63, 3.8) is 0 Å². The third-order valence-corrected chi connectivity index (χ3v) is 8.79. The molecule has 1 aliphatic heterocycles. The van der Waals surface area contributed by atoms with Gasteiger partial charge in [0.2, 0.25) is 5.91 Å². The molecule has 0 radical (unpaired) electrons. The first-order valence-corrected chi connectivity index (χ1v) is 14.1. The van der Waals surface area contributed by atoms with Crippen LogP contribution < -0.4 is 10.2 Å². The molecule has 7 nitrogen and oxygen atoms in total. The van der Waals surface area contributed by atoms with E-state index in [1.165, 1.54) is 18.3 Å². The average Bonchev–Trinajstić information content (AvgIpc) is 2.94. The molecule has 2 heterocycles. The number of hydrogen-bond donors (Lipinski definition) is 3. The summed E-state index contributed by atoms with van der Waals surface area (Å²) in [4.78, 5) is 20.5. The van der Waals surface area contributed by atoms with Crippen molar-refractivity contribution in [3.8, 4) is 5.75 Å². The Morgan fingerprint density at radius 2 is 2.00 bits per heavy atom. The number of hydroxylamine groups is 1. The third kappa shape index (κ3) is 6.76. The lowest BCUT2D eigenvalue weighted by Gasteiger charge is -2.40. The molecule has 1 unspecified atom stereocenters. The maximum absolute atomic E-state index is 13.1. The fourth-order valence-corrected chi connectivity index (χ4v) is 6.23. The van der Waals surface area contributed by atoms with Gasteiger partial charge in [-0.25, -0.2) is 9.87 Å². The number of aromatic nitrogens is 1. The average molecular weight is 562 g/mol. The summed E-state index contributed by atoms with van der Waals surface area (Å²) >= 11 is 8.16. The zero-order valence-electron chi connectivity index (χ0n) is 21.3. The quantitative estimate of drug-likeness (QED) is 0.121. The standard InChI is InChI=1S/C28H33ClFN3O4S/c1-37-20-5-8-24-22(17-20)26(23(29)18-31-24)25(34)9-10-28(27(35)32-36)11-14-33(15-12-28)13-2-16-38-21-6-3-19(30)4-7-21/h3-8,17-18,25,34,36H,2,9-16H2,1H3,(H,32,35). The number of carbonyl (C=O) groups excluding carboxylic acids is 1. The number of aliphatic hydroxyl groups excluding tert-OH is 1. The Labute approximate surface area is 231 Å². The van der Waals surface area contributed by atoms with Crippen molar-refractivity contribution in [2.75, 3.05) is 32.5 Å². The molecule has 0 spiro atoms. The lowest BCUT2D eigenvalue weighted by atomic mass is 9.73. The Bertz CT molecular complexity index is 1240. The Balaban J connectivity index is 1.35. The Hall–Kier alpha value is -2.43. The number of nitrogens with zero attached hydrogens (tertiary/aromatic N) is 2. The molecule has 0 saturated carbocycles. The number of carbonyl (C=O) groups is 1. The van der Waals surface area contributed by atoms with E-state index >= 15 is 0 Å². The first-order valence-electron chi connectivity index (χ1n) is 12.7. The SMILES string of the molecule is COc1ccc2ncc(Cl)c(C(O)CCC3(C(=O)NO)CCN(CCCSc4ccc(F)cc4)CC3)c2c1. The van der Waals surface area contributed by atoms with Crippen LogP contribution in [0.3, 0.4) is 0 Å². The summed E-state index contributed by atoms with van der Waals surface area (Å²) < 4.78 is 18.4. The number of aliphatic hydroxyl groups is 1. The van der Waals surface area contributed by atoms with Crippen molar-refractivity contribution in [2.24, 2.45) is 5.41 Å². The molecular formula is C28H33ClFN3O4S. The minimum absolute atomic E-state index is 0.233. The largest absolute Gasteiger partial charge is 0.497 e. The molecule has 3 N–H and O–H groups in total. The zero-order valence-corrected chi connectivity index (χ0v) is 22.9. The second-order valence-electron chi connectivity index (χ2n) is 9.68. The second-order valence-corrected chi connectivity index (χ2v) is 11.3. The highest BCUT2D eigenvalue weighted by Crippen LogP contribution is 2.41. The summed E-state index contributed by atoms with van der Waals surface area (Å²) in [5, 5.41) is 21.7. The van der Waals surface area contributed by atoms with Crippen LogP contribution in [-0.4, -0.2) is 58.6 Å². The van der Waals surface area contributed by atoms with Gasteiger partial charge in [-0.3, -0.25) is 15.0 Å². The van der Waals surface area contributed by atoms with Crippen LogP contribution in [-0.2, 0) is 4.79 Å². The van der Waals surface area contributed by atoms with Crippen molar-refractivity contribution in [3.05, 3.63) is 65.1 Å². The number of nitrogens with one attached hydrogen (secondary N) is 1. The smallest absolute Gasteiger partial charge is 0.249 e. The summed E-state index contributed by atoms with van der Waals surface area (Å²) in [7, 11) is 1.57. The van der Waals surface area contributed by atoms with Crippen LogP contribution in [0.15, 0.2) is 53.6 Å². The van der Waals surface area contributed by atoms with E-state index in [1.54, 1.807) is 43.1 Å². The molecule has 2 aromatic carbocycles. The first-order chi connectivity index (χ1) is 18.3. The molecule has 3 aromatic rings. The second kappa shape index (κ2) is 13.1. The Morgan fingerprint density at radius 1 is 1.26 bits per heavy atom. The molecule has 1 fully saturated rings. The number of methoxy groups -OCH3 is 1. The van der Waals surface area contributed by atoms with Crippen LogP contribution in [0.1, 0.15) is 43.8 Å². The molecule has 38 heavy (non-hydrogen) atoms. The lowest BCUT2D eigenvalue weighted by Crippen LogP contribution is -2.48. The topological polar surface area (TPSA) is 94.9 Å². The number of rotatable bonds is 11. The number of halogens is 2. The predicted octanol–water partition coefficient (Wildman–Crippen LogP) is 5.62. The Kier molecular flexibility index (Phi) is 9.84. The summed E-state index contributed by atoms with van der Waals surface area (Å²) in [6, 6.07) is 11.9. The van der Waals surface area contributed by atoms with Crippen LogP contribution in [0.2, 0.25) is 5.02 Å². The predicted molar refractivity (Wildman–Crippen MR) is 147 cm³/mol. The first kappa shape index (κ1) is 28.6. The van der Waals surface area contributed by atoms with Gasteiger partial charge in [-0.2, -0.15) is 0 Å². The van der Waals surface area contributed by atoms with E-state index in [0.29, 0.717) is 52.9 Å². The monoisotopic (exact) mass is 561 g/mol. The molecular weight excluding hydrogens is 529 g/mol. The maximum Gasteiger partial charge on any atom is 0.249 e. The van der Waals surface area contributed by atoms with Gasteiger partial charge in [0.05, 0.1) is 29.2 Å². The van der Waals surface area contributed by atoms with E-state index in [9.17, 15) is 19.5 Å². The van der Waals surface area contributed by atoms with Crippen molar-refractivity contribution >= 4 is 40.2 Å². The fraction of sp³-hybridized carbons (Fsp3) is 0.429. The number of ether oxygens (including phenoxy) is 1. The normalized spacial score (nSPS) is 16.3. The number of fused-ring (bicyclic) bond motifs is 1. The molecule has 1 aliphatic rings. The zero-order chi connectivity index (χ0) is 27.1. The van der Waals surface area contributed by atoms with Gasteiger partial charge in [0.25, 0.3) is 0 Å². The van der Waals surface area contributed by atoms with Crippen LogP contribution in [0.25, 0.3) is 10.9 Å². The molecule has 1 atom stereocenters. The van der Waals surface area contributed by atoms with Crippen LogP contribution in [0.4, 0.5) is 4.39 Å².